The number of pyridine rings is 1. The molecule has 1 N–H and O–H groups in total. The van der Waals surface area contributed by atoms with E-state index >= 15 is 0 Å². The summed E-state index contributed by atoms with van der Waals surface area (Å²) in [5, 5.41) is 3.02. The molecule has 0 spiro atoms. The first kappa shape index (κ1) is 13.4. The van der Waals surface area contributed by atoms with Crippen molar-refractivity contribution in [1.82, 2.24) is 15.2 Å². The van der Waals surface area contributed by atoms with Gasteiger partial charge in [0, 0.05) is 46.0 Å². The Bertz CT molecular complexity index is 379. The van der Waals surface area contributed by atoms with Crippen molar-refractivity contribution in [3.05, 3.63) is 23.9 Å². The summed E-state index contributed by atoms with van der Waals surface area (Å²) in [5.74, 6) is 0.809. The van der Waals surface area contributed by atoms with Gasteiger partial charge >= 0.3 is 0 Å². The molecule has 0 bridgehead atoms. The average Bonchev–Trinajstić information content (AvgIpc) is 2.35. The van der Waals surface area contributed by atoms with Crippen LogP contribution in [-0.4, -0.2) is 57.1 Å². The largest absolute Gasteiger partial charge is 0.363 e. The van der Waals surface area contributed by atoms with Crippen LogP contribution in [0.2, 0.25) is 0 Å². The molecule has 1 aromatic heterocycles. The van der Waals surface area contributed by atoms with Gasteiger partial charge in [-0.25, -0.2) is 4.98 Å². The van der Waals surface area contributed by atoms with E-state index < -0.39 is 0 Å². The van der Waals surface area contributed by atoms with Gasteiger partial charge in [-0.2, -0.15) is 0 Å². The molecule has 94 valence electrons. The van der Waals surface area contributed by atoms with Crippen molar-refractivity contribution >= 4 is 11.7 Å². The fourth-order valence-electron chi connectivity index (χ4n) is 1.40. The molecule has 0 aliphatic heterocycles. The Hall–Kier alpha value is -1.62. The van der Waals surface area contributed by atoms with Crippen molar-refractivity contribution in [2.45, 2.75) is 0 Å². The van der Waals surface area contributed by atoms with Crippen LogP contribution >= 0.6 is 0 Å². The van der Waals surface area contributed by atoms with Crippen LogP contribution < -0.4 is 10.2 Å². The SMILES string of the molecule is CNCCN(C)C(=O)c1ccnc(N(C)C)c1. The molecule has 1 aromatic rings. The number of likely N-dealkylation sites (N-methyl/N-ethyl adjacent to an activating group) is 2. The number of aromatic nitrogens is 1. The summed E-state index contributed by atoms with van der Waals surface area (Å²) >= 11 is 0. The van der Waals surface area contributed by atoms with Gasteiger partial charge in [0.2, 0.25) is 0 Å². The van der Waals surface area contributed by atoms with Crippen LogP contribution in [0.1, 0.15) is 10.4 Å². The van der Waals surface area contributed by atoms with Crippen molar-refractivity contribution in [3.8, 4) is 0 Å². The van der Waals surface area contributed by atoms with E-state index in [0.717, 1.165) is 12.4 Å². The van der Waals surface area contributed by atoms with Crippen LogP contribution in [0.5, 0.6) is 0 Å². The normalized spacial score (nSPS) is 10.1. The van der Waals surface area contributed by atoms with Crippen molar-refractivity contribution < 1.29 is 4.79 Å². The van der Waals surface area contributed by atoms with E-state index in [-0.39, 0.29) is 5.91 Å². The molecule has 1 heterocycles. The predicted octanol–water partition coefficient (Wildman–Crippen LogP) is 0.439. The lowest BCUT2D eigenvalue weighted by molar-refractivity contribution is 0.0797. The van der Waals surface area contributed by atoms with E-state index in [9.17, 15) is 4.79 Å². The number of rotatable bonds is 5. The van der Waals surface area contributed by atoms with Crippen LogP contribution in [0.15, 0.2) is 18.3 Å². The average molecular weight is 236 g/mol. The summed E-state index contributed by atoms with van der Waals surface area (Å²) in [6, 6.07) is 3.55. The lowest BCUT2D eigenvalue weighted by Gasteiger charge is -2.18. The lowest BCUT2D eigenvalue weighted by Crippen LogP contribution is -2.32. The van der Waals surface area contributed by atoms with E-state index in [4.69, 9.17) is 0 Å². The Morgan fingerprint density at radius 3 is 2.71 bits per heavy atom. The molecule has 0 fully saturated rings. The Labute approximate surface area is 102 Å². The maximum Gasteiger partial charge on any atom is 0.253 e. The highest BCUT2D eigenvalue weighted by atomic mass is 16.2. The molecule has 5 nitrogen and oxygen atoms in total. The third-order valence-corrected chi connectivity index (χ3v) is 2.49. The number of carbonyl (C=O) groups excluding carboxylic acids is 1. The van der Waals surface area contributed by atoms with Crippen molar-refractivity contribution in [2.24, 2.45) is 0 Å². The van der Waals surface area contributed by atoms with Gasteiger partial charge in [0.1, 0.15) is 5.82 Å². The molecule has 0 aliphatic rings. The van der Waals surface area contributed by atoms with Gasteiger partial charge in [-0.1, -0.05) is 0 Å². The van der Waals surface area contributed by atoms with Gasteiger partial charge < -0.3 is 15.1 Å². The quantitative estimate of drug-likeness (QED) is 0.806. The number of nitrogens with zero attached hydrogens (tertiary/aromatic N) is 3. The molecule has 0 unspecified atom stereocenters. The van der Waals surface area contributed by atoms with E-state index in [1.807, 2.05) is 26.0 Å². The van der Waals surface area contributed by atoms with Crippen LogP contribution in [0.3, 0.4) is 0 Å². The van der Waals surface area contributed by atoms with Gasteiger partial charge in [0.05, 0.1) is 0 Å². The first-order chi connectivity index (χ1) is 8.06. The minimum atomic E-state index is 0.0192. The maximum atomic E-state index is 12.1. The van der Waals surface area contributed by atoms with Crippen molar-refractivity contribution in [1.29, 1.82) is 0 Å². The number of carbonyl (C=O) groups is 1. The van der Waals surface area contributed by atoms with E-state index in [1.54, 1.807) is 30.3 Å². The highest BCUT2D eigenvalue weighted by Gasteiger charge is 2.12. The Balaban J connectivity index is 2.78. The van der Waals surface area contributed by atoms with Crippen molar-refractivity contribution in [3.63, 3.8) is 0 Å². The summed E-state index contributed by atoms with van der Waals surface area (Å²) < 4.78 is 0. The second kappa shape index (κ2) is 6.20. The smallest absolute Gasteiger partial charge is 0.253 e. The molecule has 0 saturated heterocycles. The van der Waals surface area contributed by atoms with E-state index in [1.165, 1.54) is 0 Å². The first-order valence-corrected chi connectivity index (χ1v) is 5.59. The van der Waals surface area contributed by atoms with Crippen LogP contribution in [0.4, 0.5) is 5.82 Å². The lowest BCUT2D eigenvalue weighted by atomic mass is 10.2. The summed E-state index contributed by atoms with van der Waals surface area (Å²) in [5.41, 5.74) is 0.669. The summed E-state index contributed by atoms with van der Waals surface area (Å²) in [4.78, 5) is 19.8. The maximum absolute atomic E-state index is 12.1. The van der Waals surface area contributed by atoms with Crippen LogP contribution in [0.25, 0.3) is 0 Å². The molecule has 0 atom stereocenters. The van der Waals surface area contributed by atoms with Crippen molar-refractivity contribution in [2.75, 3.05) is 46.2 Å². The zero-order valence-electron chi connectivity index (χ0n) is 10.9. The number of hydrogen-bond donors (Lipinski definition) is 1. The molecule has 5 heteroatoms. The molecule has 1 rings (SSSR count). The Kier molecular flexibility index (Phi) is 4.90. The minimum Gasteiger partial charge on any atom is -0.363 e. The number of amides is 1. The highest BCUT2D eigenvalue weighted by Crippen LogP contribution is 2.11. The molecular weight excluding hydrogens is 216 g/mol. The second-order valence-corrected chi connectivity index (χ2v) is 4.13. The Morgan fingerprint density at radius 2 is 2.12 bits per heavy atom. The van der Waals surface area contributed by atoms with E-state index in [2.05, 4.69) is 10.3 Å². The second-order valence-electron chi connectivity index (χ2n) is 4.13. The molecule has 17 heavy (non-hydrogen) atoms. The fourth-order valence-corrected chi connectivity index (χ4v) is 1.40. The third-order valence-electron chi connectivity index (χ3n) is 2.49. The molecule has 1 amide bonds. The zero-order chi connectivity index (χ0) is 12.8. The van der Waals surface area contributed by atoms with Gasteiger partial charge in [-0.3, -0.25) is 4.79 Å². The van der Waals surface area contributed by atoms with Crippen LogP contribution in [-0.2, 0) is 0 Å². The molecule has 0 aliphatic carbocycles. The molecule has 0 radical (unpaired) electrons. The summed E-state index contributed by atoms with van der Waals surface area (Å²) in [6.45, 7) is 1.48. The standard InChI is InChI=1S/C12H20N4O/c1-13-7-8-16(4)12(17)10-5-6-14-11(9-10)15(2)3/h5-6,9,13H,7-8H2,1-4H3. The van der Waals surface area contributed by atoms with Gasteiger partial charge in [0.15, 0.2) is 0 Å². The third kappa shape index (κ3) is 3.71. The molecule has 0 saturated carbocycles. The fraction of sp³-hybridized carbons (Fsp3) is 0.500. The summed E-state index contributed by atoms with van der Waals surface area (Å²) in [6.07, 6.45) is 1.66. The summed E-state index contributed by atoms with van der Waals surface area (Å²) in [7, 11) is 7.48. The number of nitrogens with one attached hydrogen (secondary N) is 1. The monoisotopic (exact) mass is 236 g/mol. The number of anilines is 1. The topological polar surface area (TPSA) is 48.5 Å². The molecular formula is C12H20N4O. The Morgan fingerprint density at radius 1 is 1.41 bits per heavy atom. The minimum absolute atomic E-state index is 0.0192. The highest BCUT2D eigenvalue weighted by molar-refractivity contribution is 5.94. The van der Waals surface area contributed by atoms with Gasteiger partial charge in [-0.15, -0.1) is 0 Å². The zero-order valence-corrected chi connectivity index (χ0v) is 10.9. The van der Waals surface area contributed by atoms with E-state index in [0.29, 0.717) is 12.1 Å². The van der Waals surface area contributed by atoms with Crippen LogP contribution in [0, 0.1) is 0 Å². The first-order valence-electron chi connectivity index (χ1n) is 5.59. The molecule has 0 aromatic carbocycles. The van der Waals surface area contributed by atoms with Gasteiger partial charge in [-0.05, 0) is 19.2 Å². The predicted molar refractivity (Wildman–Crippen MR) is 69.5 cm³/mol. The van der Waals surface area contributed by atoms with Gasteiger partial charge in [0.25, 0.3) is 5.91 Å². The number of hydrogen-bond acceptors (Lipinski definition) is 4.